The van der Waals surface area contributed by atoms with E-state index in [0.717, 1.165) is 0 Å². The fourth-order valence-corrected chi connectivity index (χ4v) is 1.28. The molecular formula is C11H13ClFN3O2. The highest BCUT2D eigenvalue weighted by Gasteiger charge is 2.06. The molecule has 0 unspecified atom stereocenters. The molecule has 0 aliphatic carbocycles. The number of aromatic nitrogens is 2. The molecule has 2 rings (SSSR count). The summed E-state index contributed by atoms with van der Waals surface area (Å²) in [6, 6.07) is 5.89. The normalized spacial score (nSPS) is 9.89. The van der Waals surface area contributed by atoms with Crippen LogP contribution in [0.15, 0.2) is 28.8 Å². The fraction of sp³-hybridized carbons (Fsp3) is 0.273. The second-order valence-corrected chi connectivity index (χ2v) is 3.38. The van der Waals surface area contributed by atoms with Gasteiger partial charge in [-0.25, -0.2) is 4.39 Å². The van der Waals surface area contributed by atoms with E-state index < -0.39 is 0 Å². The average Bonchev–Trinajstić information content (AvgIpc) is 2.75. The predicted molar refractivity (Wildman–Crippen MR) is 65.0 cm³/mol. The van der Waals surface area contributed by atoms with Crippen LogP contribution in [0.2, 0.25) is 0 Å². The van der Waals surface area contributed by atoms with Crippen molar-refractivity contribution in [3.63, 3.8) is 0 Å². The molecule has 0 saturated carbocycles. The summed E-state index contributed by atoms with van der Waals surface area (Å²) in [4.78, 5) is 4.08. The number of hydrogen-bond acceptors (Lipinski definition) is 5. The molecule has 1 aromatic carbocycles. The molecule has 0 saturated heterocycles. The van der Waals surface area contributed by atoms with E-state index >= 15 is 0 Å². The van der Waals surface area contributed by atoms with Crippen molar-refractivity contribution in [2.75, 3.05) is 7.05 Å². The maximum absolute atomic E-state index is 12.9. The van der Waals surface area contributed by atoms with Gasteiger partial charge < -0.3 is 14.6 Å². The lowest BCUT2D eigenvalue weighted by molar-refractivity contribution is 0.283. The van der Waals surface area contributed by atoms with Crippen LogP contribution in [0, 0.1) is 5.82 Å². The van der Waals surface area contributed by atoms with Gasteiger partial charge in [0.2, 0.25) is 11.7 Å². The van der Waals surface area contributed by atoms with Gasteiger partial charge in [0.15, 0.2) is 6.61 Å². The molecule has 0 spiro atoms. The lowest BCUT2D eigenvalue weighted by Crippen LogP contribution is -2.05. The minimum atomic E-state index is -0.341. The van der Waals surface area contributed by atoms with E-state index in [1.165, 1.54) is 12.1 Å². The van der Waals surface area contributed by atoms with Gasteiger partial charge in [-0.05, 0) is 19.2 Å². The third-order valence-corrected chi connectivity index (χ3v) is 2.00. The molecule has 5 nitrogen and oxygen atoms in total. The van der Waals surface area contributed by atoms with Gasteiger partial charge in [-0.1, -0.05) is 11.2 Å². The summed E-state index contributed by atoms with van der Waals surface area (Å²) < 4.78 is 23.1. The molecule has 0 amide bonds. The van der Waals surface area contributed by atoms with Crippen molar-refractivity contribution in [3.05, 3.63) is 41.8 Å². The molecule has 0 atom stereocenters. The van der Waals surface area contributed by atoms with E-state index in [2.05, 4.69) is 15.5 Å². The van der Waals surface area contributed by atoms with E-state index in [0.29, 0.717) is 24.0 Å². The molecule has 1 heterocycles. The van der Waals surface area contributed by atoms with Crippen molar-refractivity contribution in [2.24, 2.45) is 0 Å². The lowest BCUT2D eigenvalue weighted by atomic mass is 10.3. The summed E-state index contributed by atoms with van der Waals surface area (Å²) in [5.41, 5.74) is 0. The van der Waals surface area contributed by atoms with Crippen molar-refractivity contribution < 1.29 is 13.7 Å². The van der Waals surface area contributed by atoms with Crippen LogP contribution in [0.4, 0.5) is 4.39 Å². The Labute approximate surface area is 110 Å². The molecule has 0 fully saturated rings. The summed E-state index contributed by atoms with van der Waals surface area (Å²) in [7, 11) is 1.78. The Morgan fingerprint density at radius 3 is 3.00 bits per heavy atom. The lowest BCUT2D eigenvalue weighted by Gasteiger charge is -2.02. The molecule has 0 radical (unpaired) electrons. The van der Waals surface area contributed by atoms with Crippen LogP contribution >= 0.6 is 12.4 Å². The zero-order chi connectivity index (χ0) is 12.1. The van der Waals surface area contributed by atoms with Gasteiger partial charge in [-0.2, -0.15) is 4.98 Å². The Morgan fingerprint density at radius 2 is 2.28 bits per heavy atom. The Kier molecular flexibility index (Phi) is 5.54. The topological polar surface area (TPSA) is 60.2 Å². The van der Waals surface area contributed by atoms with Gasteiger partial charge in [0.1, 0.15) is 11.6 Å². The second-order valence-electron chi connectivity index (χ2n) is 3.38. The van der Waals surface area contributed by atoms with Gasteiger partial charge in [0, 0.05) is 6.07 Å². The summed E-state index contributed by atoms with van der Waals surface area (Å²) in [5.74, 6) is 1.02. The van der Waals surface area contributed by atoms with Gasteiger partial charge in [-0.15, -0.1) is 12.4 Å². The first-order chi connectivity index (χ1) is 8.28. The van der Waals surface area contributed by atoms with Crippen molar-refractivity contribution in [3.8, 4) is 5.75 Å². The first kappa shape index (κ1) is 14.4. The predicted octanol–water partition coefficient (Wildman–Crippen LogP) is 1.93. The largest absolute Gasteiger partial charge is 0.485 e. The molecule has 0 aliphatic rings. The number of rotatable bonds is 5. The minimum absolute atomic E-state index is 0. The molecule has 98 valence electrons. The standard InChI is InChI=1S/C11H12FN3O2.ClH/c1-13-6-11-14-10(15-17-11)7-16-9-4-2-3-8(12)5-9;/h2-5,13H,6-7H2,1H3;1H. The van der Waals surface area contributed by atoms with Crippen LogP contribution in [0.5, 0.6) is 5.75 Å². The van der Waals surface area contributed by atoms with E-state index in [1.807, 2.05) is 0 Å². The summed E-state index contributed by atoms with van der Waals surface area (Å²) >= 11 is 0. The van der Waals surface area contributed by atoms with E-state index in [9.17, 15) is 4.39 Å². The highest BCUT2D eigenvalue weighted by atomic mass is 35.5. The minimum Gasteiger partial charge on any atom is -0.485 e. The van der Waals surface area contributed by atoms with Crippen LogP contribution in [0.25, 0.3) is 0 Å². The van der Waals surface area contributed by atoms with Crippen molar-refractivity contribution >= 4 is 12.4 Å². The molecule has 7 heteroatoms. The number of halogens is 2. The van der Waals surface area contributed by atoms with Crippen LogP contribution in [0.3, 0.4) is 0 Å². The second kappa shape index (κ2) is 6.93. The number of nitrogens with one attached hydrogen (secondary N) is 1. The molecule has 2 aromatic rings. The van der Waals surface area contributed by atoms with E-state index in [-0.39, 0.29) is 24.8 Å². The Morgan fingerprint density at radius 1 is 1.44 bits per heavy atom. The molecule has 0 bridgehead atoms. The molecular weight excluding hydrogens is 261 g/mol. The first-order valence-corrected chi connectivity index (χ1v) is 5.12. The first-order valence-electron chi connectivity index (χ1n) is 5.12. The average molecular weight is 274 g/mol. The van der Waals surface area contributed by atoms with E-state index in [1.54, 1.807) is 19.2 Å². The van der Waals surface area contributed by atoms with E-state index in [4.69, 9.17) is 9.26 Å². The van der Waals surface area contributed by atoms with Crippen LogP contribution in [-0.2, 0) is 13.2 Å². The SMILES string of the molecule is CNCc1nc(COc2cccc(F)c2)no1.Cl. The maximum Gasteiger partial charge on any atom is 0.240 e. The zero-order valence-corrected chi connectivity index (χ0v) is 10.5. The van der Waals surface area contributed by atoms with Crippen LogP contribution in [-0.4, -0.2) is 17.2 Å². The zero-order valence-electron chi connectivity index (χ0n) is 9.72. The highest BCUT2D eigenvalue weighted by molar-refractivity contribution is 5.85. The number of hydrogen-bond donors (Lipinski definition) is 1. The van der Waals surface area contributed by atoms with Gasteiger partial charge in [0.25, 0.3) is 0 Å². The highest BCUT2D eigenvalue weighted by Crippen LogP contribution is 2.13. The molecule has 18 heavy (non-hydrogen) atoms. The summed E-state index contributed by atoms with van der Waals surface area (Å²) in [5, 5.41) is 6.62. The third-order valence-electron chi connectivity index (χ3n) is 2.00. The number of ether oxygens (including phenoxy) is 1. The fourth-order valence-electron chi connectivity index (χ4n) is 1.28. The molecule has 1 aromatic heterocycles. The van der Waals surface area contributed by atoms with Crippen molar-refractivity contribution in [1.82, 2.24) is 15.5 Å². The van der Waals surface area contributed by atoms with Gasteiger partial charge in [0.05, 0.1) is 6.54 Å². The van der Waals surface area contributed by atoms with Gasteiger partial charge >= 0.3 is 0 Å². The van der Waals surface area contributed by atoms with Gasteiger partial charge in [-0.3, -0.25) is 0 Å². The quantitative estimate of drug-likeness (QED) is 0.902. The number of benzene rings is 1. The monoisotopic (exact) mass is 273 g/mol. The summed E-state index contributed by atoms with van der Waals surface area (Å²) in [6.07, 6.45) is 0. The Bertz CT molecular complexity index is 493. The van der Waals surface area contributed by atoms with Crippen molar-refractivity contribution in [2.45, 2.75) is 13.2 Å². The smallest absolute Gasteiger partial charge is 0.240 e. The number of nitrogens with zero attached hydrogens (tertiary/aromatic N) is 2. The third kappa shape index (κ3) is 3.97. The van der Waals surface area contributed by atoms with Crippen molar-refractivity contribution in [1.29, 1.82) is 0 Å². The van der Waals surface area contributed by atoms with Crippen LogP contribution in [0.1, 0.15) is 11.7 Å². The Hall–Kier alpha value is -1.66. The molecule has 0 aliphatic heterocycles. The Balaban J connectivity index is 0.00000162. The summed E-state index contributed by atoms with van der Waals surface area (Å²) in [6.45, 7) is 0.656. The maximum atomic E-state index is 12.9. The van der Waals surface area contributed by atoms with Crippen LogP contribution < -0.4 is 10.1 Å². The molecule has 1 N–H and O–H groups in total.